The van der Waals surface area contributed by atoms with Crippen LogP contribution in [0.2, 0.25) is 0 Å². The smallest absolute Gasteiger partial charge is 0.0766 e. The van der Waals surface area contributed by atoms with Crippen LogP contribution in [0.1, 0.15) is 29.4 Å². The molecule has 0 radical (unpaired) electrons. The van der Waals surface area contributed by atoms with E-state index >= 15 is 0 Å². The highest BCUT2D eigenvalue weighted by Crippen LogP contribution is 2.35. The number of benzene rings is 1. The van der Waals surface area contributed by atoms with Crippen molar-refractivity contribution in [1.82, 2.24) is 15.1 Å². The molecule has 1 N–H and O–H groups in total. The van der Waals surface area contributed by atoms with Gasteiger partial charge in [-0.3, -0.25) is 4.68 Å². The fourth-order valence-electron chi connectivity index (χ4n) is 3.17. The topological polar surface area (TPSA) is 29.9 Å². The molecule has 1 aliphatic rings. The molecule has 3 rings (SSSR count). The van der Waals surface area contributed by atoms with Crippen molar-refractivity contribution < 1.29 is 0 Å². The maximum Gasteiger partial charge on any atom is 0.0766 e. The highest BCUT2D eigenvalue weighted by atomic mass is 79.9. The summed E-state index contributed by atoms with van der Waals surface area (Å²) in [6.07, 6.45) is 1.98. The van der Waals surface area contributed by atoms with Gasteiger partial charge >= 0.3 is 0 Å². The van der Waals surface area contributed by atoms with E-state index in [1.54, 1.807) is 0 Å². The summed E-state index contributed by atoms with van der Waals surface area (Å²) < 4.78 is 3.23. The van der Waals surface area contributed by atoms with Crippen LogP contribution in [0.25, 0.3) is 0 Å². The first-order valence-electron chi connectivity index (χ1n) is 7.54. The molecule has 2 aromatic rings. The zero-order valence-corrected chi connectivity index (χ0v) is 14.5. The molecular weight excluding hydrogens is 326 g/mol. The molecule has 0 atom stereocenters. The minimum atomic E-state index is 0.202. The Labute approximate surface area is 134 Å². The van der Waals surface area contributed by atoms with Gasteiger partial charge in [-0.25, -0.2) is 0 Å². The Morgan fingerprint density at radius 3 is 2.67 bits per heavy atom. The van der Waals surface area contributed by atoms with Gasteiger partial charge in [0.25, 0.3) is 0 Å². The molecule has 0 amide bonds. The van der Waals surface area contributed by atoms with E-state index < -0.39 is 0 Å². The standard InChI is InChI=1S/C17H22BrN3/c1-4-14-16(18)15(21(3)20-14)9-17(10-19-11-17)13-7-5-6-12(2)8-13/h5-8,19H,4,9-11H2,1-3H3. The molecule has 0 unspecified atom stereocenters. The highest BCUT2D eigenvalue weighted by molar-refractivity contribution is 9.10. The van der Waals surface area contributed by atoms with Crippen molar-refractivity contribution in [2.75, 3.05) is 13.1 Å². The predicted molar refractivity (Wildman–Crippen MR) is 89.7 cm³/mol. The molecule has 0 aliphatic carbocycles. The number of halogens is 1. The van der Waals surface area contributed by atoms with Crippen LogP contribution in [0.3, 0.4) is 0 Å². The molecule has 2 heterocycles. The van der Waals surface area contributed by atoms with Gasteiger partial charge < -0.3 is 5.32 Å². The Hall–Kier alpha value is -1.13. The molecule has 1 fully saturated rings. The Morgan fingerprint density at radius 1 is 1.38 bits per heavy atom. The molecule has 0 saturated carbocycles. The van der Waals surface area contributed by atoms with Crippen LogP contribution in [0.5, 0.6) is 0 Å². The first kappa shape index (κ1) is 14.8. The van der Waals surface area contributed by atoms with Crippen molar-refractivity contribution in [2.45, 2.75) is 32.1 Å². The molecule has 1 aromatic carbocycles. The van der Waals surface area contributed by atoms with E-state index in [9.17, 15) is 0 Å². The number of nitrogens with one attached hydrogen (secondary N) is 1. The molecule has 4 heteroatoms. The van der Waals surface area contributed by atoms with E-state index in [1.165, 1.54) is 21.3 Å². The van der Waals surface area contributed by atoms with E-state index in [-0.39, 0.29) is 5.41 Å². The fraction of sp³-hybridized carbons (Fsp3) is 0.471. The van der Waals surface area contributed by atoms with Crippen LogP contribution in [-0.4, -0.2) is 22.9 Å². The lowest BCUT2D eigenvalue weighted by Gasteiger charge is -2.43. The van der Waals surface area contributed by atoms with Gasteiger partial charge in [-0.1, -0.05) is 36.8 Å². The SMILES string of the molecule is CCc1nn(C)c(CC2(c3cccc(C)c3)CNC2)c1Br. The van der Waals surface area contributed by atoms with E-state index in [0.717, 1.165) is 31.6 Å². The van der Waals surface area contributed by atoms with Crippen molar-refractivity contribution in [1.29, 1.82) is 0 Å². The van der Waals surface area contributed by atoms with E-state index in [0.29, 0.717) is 0 Å². The van der Waals surface area contributed by atoms with E-state index in [4.69, 9.17) is 0 Å². The van der Waals surface area contributed by atoms with Crippen molar-refractivity contribution in [2.24, 2.45) is 7.05 Å². The van der Waals surface area contributed by atoms with Crippen LogP contribution >= 0.6 is 15.9 Å². The van der Waals surface area contributed by atoms with Crippen molar-refractivity contribution in [3.63, 3.8) is 0 Å². The summed E-state index contributed by atoms with van der Waals surface area (Å²) in [5.74, 6) is 0. The van der Waals surface area contributed by atoms with Gasteiger partial charge in [0.1, 0.15) is 0 Å². The van der Waals surface area contributed by atoms with Crippen molar-refractivity contribution in [3.05, 3.63) is 51.3 Å². The maximum absolute atomic E-state index is 4.63. The lowest BCUT2D eigenvalue weighted by molar-refractivity contribution is 0.269. The lowest BCUT2D eigenvalue weighted by atomic mass is 9.71. The molecule has 0 spiro atoms. The fourth-order valence-corrected chi connectivity index (χ4v) is 3.92. The van der Waals surface area contributed by atoms with Gasteiger partial charge in [-0.05, 0) is 34.8 Å². The molecule has 112 valence electrons. The normalized spacial score (nSPS) is 16.8. The number of hydrogen-bond donors (Lipinski definition) is 1. The Bertz CT molecular complexity index is 656. The number of hydrogen-bond acceptors (Lipinski definition) is 2. The average molecular weight is 348 g/mol. The van der Waals surface area contributed by atoms with Crippen LogP contribution in [0.4, 0.5) is 0 Å². The Kier molecular flexibility index (Phi) is 3.93. The van der Waals surface area contributed by atoms with Crippen LogP contribution in [0, 0.1) is 6.92 Å². The summed E-state index contributed by atoms with van der Waals surface area (Å²) in [6.45, 7) is 6.39. The first-order chi connectivity index (χ1) is 10.1. The first-order valence-corrected chi connectivity index (χ1v) is 8.33. The number of rotatable bonds is 4. The number of aromatic nitrogens is 2. The van der Waals surface area contributed by atoms with E-state index in [2.05, 4.69) is 71.5 Å². The molecule has 1 aromatic heterocycles. The third-order valence-corrected chi connectivity index (χ3v) is 5.48. The van der Waals surface area contributed by atoms with Gasteiger partial charge in [-0.2, -0.15) is 5.10 Å². The molecular formula is C17H22BrN3. The number of aryl methyl sites for hydroxylation is 3. The minimum Gasteiger partial charge on any atom is -0.315 e. The van der Waals surface area contributed by atoms with Gasteiger partial charge in [0.15, 0.2) is 0 Å². The number of nitrogens with zero attached hydrogens (tertiary/aromatic N) is 2. The van der Waals surface area contributed by atoms with Gasteiger partial charge in [0.2, 0.25) is 0 Å². The van der Waals surface area contributed by atoms with Gasteiger partial charge in [-0.15, -0.1) is 0 Å². The summed E-state index contributed by atoms with van der Waals surface area (Å²) in [5.41, 5.74) is 5.42. The van der Waals surface area contributed by atoms with Gasteiger partial charge in [0.05, 0.1) is 15.9 Å². The van der Waals surface area contributed by atoms with Crippen molar-refractivity contribution in [3.8, 4) is 0 Å². The van der Waals surface area contributed by atoms with E-state index in [1.807, 2.05) is 4.68 Å². The van der Waals surface area contributed by atoms with Gasteiger partial charge in [0, 0.05) is 32.0 Å². The summed E-state index contributed by atoms with van der Waals surface area (Å²) in [5, 5.41) is 8.09. The largest absolute Gasteiger partial charge is 0.315 e. The second-order valence-corrected chi connectivity index (χ2v) is 6.91. The summed E-state index contributed by atoms with van der Waals surface area (Å²) in [4.78, 5) is 0. The maximum atomic E-state index is 4.63. The third kappa shape index (κ3) is 2.55. The summed E-state index contributed by atoms with van der Waals surface area (Å²) in [7, 11) is 2.05. The zero-order valence-electron chi connectivity index (χ0n) is 12.9. The molecule has 3 nitrogen and oxygen atoms in total. The van der Waals surface area contributed by atoms with Crippen molar-refractivity contribution >= 4 is 15.9 Å². The molecule has 1 aliphatic heterocycles. The Morgan fingerprint density at radius 2 is 2.14 bits per heavy atom. The molecule has 0 bridgehead atoms. The highest BCUT2D eigenvalue weighted by Gasteiger charge is 2.40. The minimum absolute atomic E-state index is 0.202. The second kappa shape index (κ2) is 5.58. The van der Waals surface area contributed by atoms with Crippen LogP contribution < -0.4 is 5.32 Å². The molecule has 1 saturated heterocycles. The Balaban J connectivity index is 1.97. The molecule has 21 heavy (non-hydrogen) atoms. The summed E-state index contributed by atoms with van der Waals surface area (Å²) in [6, 6.07) is 8.92. The predicted octanol–water partition coefficient (Wildman–Crippen LogP) is 3.14. The summed E-state index contributed by atoms with van der Waals surface area (Å²) >= 11 is 3.75. The average Bonchev–Trinajstić information content (AvgIpc) is 2.69. The lowest BCUT2D eigenvalue weighted by Crippen LogP contribution is -2.58. The quantitative estimate of drug-likeness (QED) is 0.920. The third-order valence-electron chi connectivity index (χ3n) is 4.57. The zero-order chi connectivity index (χ0) is 15.0. The monoisotopic (exact) mass is 347 g/mol. The second-order valence-electron chi connectivity index (χ2n) is 6.11. The van der Waals surface area contributed by atoms with Crippen LogP contribution in [0.15, 0.2) is 28.7 Å². The van der Waals surface area contributed by atoms with Crippen LogP contribution in [-0.2, 0) is 25.3 Å².